The number of halogens is 2. The normalized spacial score (nSPS) is 28.4. The molecule has 1 aromatic rings. The highest BCUT2D eigenvalue weighted by atomic mass is 19.1. The molecule has 0 heterocycles. The highest BCUT2D eigenvalue weighted by Gasteiger charge is 2.41. The van der Waals surface area contributed by atoms with Crippen molar-refractivity contribution < 1.29 is 8.78 Å². The van der Waals surface area contributed by atoms with E-state index in [0.717, 1.165) is 19.3 Å². The van der Waals surface area contributed by atoms with Gasteiger partial charge in [-0.05, 0) is 42.2 Å². The smallest absolute Gasteiger partial charge is 0.129 e. The Hall–Kier alpha value is -0.960. The lowest BCUT2D eigenvalue weighted by Crippen LogP contribution is -2.46. The number of nitrogens with two attached hydrogens (primary N) is 1. The zero-order valence-corrected chi connectivity index (χ0v) is 11.9. The van der Waals surface area contributed by atoms with Crippen molar-refractivity contribution in [2.75, 3.05) is 0 Å². The van der Waals surface area contributed by atoms with Crippen molar-refractivity contribution in [1.82, 2.24) is 0 Å². The predicted molar refractivity (Wildman–Crippen MR) is 73.9 cm³/mol. The molecular weight excluding hydrogens is 244 g/mol. The Morgan fingerprint density at radius 1 is 1.16 bits per heavy atom. The number of rotatable bonds is 2. The molecule has 0 bridgehead atoms. The summed E-state index contributed by atoms with van der Waals surface area (Å²) in [5.41, 5.74) is 5.86. The first-order chi connectivity index (χ1) is 8.84. The van der Waals surface area contributed by atoms with E-state index in [1.54, 1.807) is 0 Å². The highest BCUT2D eigenvalue weighted by Crippen LogP contribution is 2.43. The van der Waals surface area contributed by atoms with E-state index >= 15 is 0 Å². The van der Waals surface area contributed by atoms with Gasteiger partial charge in [-0.15, -0.1) is 0 Å². The molecule has 3 atom stereocenters. The van der Waals surface area contributed by atoms with E-state index in [9.17, 15) is 8.78 Å². The maximum Gasteiger partial charge on any atom is 0.129 e. The van der Waals surface area contributed by atoms with Crippen LogP contribution in [0.1, 0.15) is 45.6 Å². The van der Waals surface area contributed by atoms with E-state index < -0.39 is 17.0 Å². The highest BCUT2D eigenvalue weighted by molar-refractivity contribution is 5.29. The lowest BCUT2D eigenvalue weighted by atomic mass is 9.63. The summed E-state index contributed by atoms with van der Waals surface area (Å²) in [5.74, 6) is -0.200. The third-order valence-corrected chi connectivity index (χ3v) is 4.70. The van der Waals surface area contributed by atoms with Crippen molar-refractivity contribution in [1.29, 1.82) is 0 Å². The molecule has 0 aromatic heterocycles. The molecule has 2 rings (SSSR count). The van der Waals surface area contributed by atoms with Gasteiger partial charge in [0.25, 0.3) is 0 Å². The van der Waals surface area contributed by atoms with E-state index in [0.29, 0.717) is 5.92 Å². The third-order valence-electron chi connectivity index (χ3n) is 4.70. The van der Waals surface area contributed by atoms with E-state index in [1.807, 2.05) is 13.8 Å². The number of benzene rings is 1. The van der Waals surface area contributed by atoms with Gasteiger partial charge in [-0.3, -0.25) is 0 Å². The van der Waals surface area contributed by atoms with Crippen LogP contribution >= 0.6 is 0 Å². The second-order valence-corrected chi connectivity index (χ2v) is 6.51. The Labute approximate surface area is 114 Å². The van der Waals surface area contributed by atoms with Gasteiger partial charge in [0.05, 0.1) is 0 Å². The number of hydrogen-bond donors (Lipinski definition) is 1. The standard InChI is InChI=1S/C16H23F2N/c1-10-7-8-11(14(19)9-10)16(2,3)15-12(17)5-4-6-13(15)18/h4-6,10-11,14H,7-9,19H2,1-3H3. The second kappa shape index (κ2) is 5.20. The van der Waals surface area contributed by atoms with Gasteiger partial charge >= 0.3 is 0 Å². The van der Waals surface area contributed by atoms with E-state index in [-0.39, 0.29) is 17.5 Å². The summed E-state index contributed by atoms with van der Waals surface area (Å²) in [5, 5.41) is 0. The zero-order valence-electron chi connectivity index (χ0n) is 11.9. The van der Waals surface area contributed by atoms with Crippen molar-refractivity contribution in [3.63, 3.8) is 0 Å². The van der Waals surface area contributed by atoms with Crippen LogP contribution in [0.2, 0.25) is 0 Å². The van der Waals surface area contributed by atoms with Gasteiger partial charge in [0.15, 0.2) is 0 Å². The molecule has 1 aliphatic carbocycles. The van der Waals surface area contributed by atoms with E-state index in [4.69, 9.17) is 5.73 Å². The minimum atomic E-state index is -0.574. The average molecular weight is 267 g/mol. The summed E-state index contributed by atoms with van der Waals surface area (Å²) in [6.45, 7) is 6.01. The van der Waals surface area contributed by atoms with Crippen LogP contribution in [0.5, 0.6) is 0 Å². The van der Waals surface area contributed by atoms with Gasteiger partial charge in [-0.25, -0.2) is 8.78 Å². The van der Waals surface area contributed by atoms with Crippen molar-refractivity contribution in [3.8, 4) is 0 Å². The van der Waals surface area contributed by atoms with Crippen LogP contribution in [0.4, 0.5) is 8.78 Å². The van der Waals surface area contributed by atoms with Crippen molar-refractivity contribution in [3.05, 3.63) is 35.4 Å². The maximum absolute atomic E-state index is 14.0. The third kappa shape index (κ3) is 2.66. The van der Waals surface area contributed by atoms with Crippen LogP contribution in [0.25, 0.3) is 0 Å². The van der Waals surface area contributed by atoms with Crippen molar-refractivity contribution in [2.45, 2.75) is 51.5 Å². The SMILES string of the molecule is CC1CCC(C(C)(C)c2c(F)cccc2F)C(N)C1. The molecule has 1 saturated carbocycles. The van der Waals surface area contributed by atoms with Gasteiger partial charge in [0.1, 0.15) is 11.6 Å². The Kier molecular flexibility index (Phi) is 3.95. The molecule has 1 aromatic carbocycles. The van der Waals surface area contributed by atoms with Crippen LogP contribution < -0.4 is 5.73 Å². The fraction of sp³-hybridized carbons (Fsp3) is 0.625. The van der Waals surface area contributed by atoms with Crippen LogP contribution in [-0.4, -0.2) is 6.04 Å². The summed E-state index contributed by atoms with van der Waals surface area (Å²) < 4.78 is 28.0. The molecule has 106 valence electrons. The Morgan fingerprint density at radius 3 is 2.26 bits per heavy atom. The first-order valence-corrected chi connectivity index (χ1v) is 7.04. The van der Waals surface area contributed by atoms with Crippen LogP contribution in [0.3, 0.4) is 0 Å². The van der Waals surface area contributed by atoms with Crippen molar-refractivity contribution in [2.24, 2.45) is 17.6 Å². The fourth-order valence-electron chi connectivity index (χ4n) is 3.62. The lowest BCUT2D eigenvalue weighted by Gasteiger charge is -2.43. The fourth-order valence-corrected chi connectivity index (χ4v) is 3.62. The predicted octanol–water partition coefficient (Wildman–Crippen LogP) is 4.01. The first kappa shape index (κ1) is 14.4. The number of hydrogen-bond acceptors (Lipinski definition) is 1. The Bertz CT molecular complexity index is 436. The van der Waals surface area contributed by atoms with Crippen LogP contribution in [0.15, 0.2) is 18.2 Å². The largest absolute Gasteiger partial charge is 0.327 e. The quantitative estimate of drug-likeness (QED) is 0.861. The molecule has 3 unspecified atom stereocenters. The molecule has 2 N–H and O–H groups in total. The molecule has 0 radical (unpaired) electrons. The Morgan fingerprint density at radius 2 is 1.74 bits per heavy atom. The lowest BCUT2D eigenvalue weighted by molar-refractivity contribution is 0.165. The van der Waals surface area contributed by atoms with Gasteiger partial charge in [-0.2, -0.15) is 0 Å². The molecule has 1 fully saturated rings. The summed E-state index contributed by atoms with van der Waals surface area (Å²) in [6.07, 6.45) is 2.95. The molecule has 0 spiro atoms. The molecular formula is C16H23F2N. The first-order valence-electron chi connectivity index (χ1n) is 7.04. The summed E-state index contributed by atoms with van der Waals surface area (Å²) in [4.78, 5) is 0. The van der Waals surface area contributed by atoms with Gasteiger partial charge < -0.3 is 5.73 Å². The Balaban J connectivity index is 2.36. The van der Waals surface area contributed by atoms with Crippen LogP contribution in [-0.2, 0) is 5.41 Å². The molecule has 0 aliphatic heterocycles. The van der Waals surface area contributed by atoms with Gasteiger partial charge in [0.2, 0.25) is 0 Å². The van der Waals surface area contributed by atoms with Crippen molar-refractivity contribution >= 4 is 0 Å². The monoisotopic (exact) mass is 267 g/mol. The maximum atomic E-state index is 14.0. The summed E-state index contributed by atoms with van der Waals surface area (Å²) in [6, 6.07) is 4.08. The van der Waals surface area contributed by atoms with Crippen LogP contribution in [0, 0.1) is 23.5 Å². The zero-order chi connectivity index (χ0) is 14.2. The van der Waals surface area contributed by atoms with Gasteiger partial charge in [0, 0.05) is 11.6 Å². The molecule has 1 aliphatic rings. The minimum absolute atomic E-state index is 0.0118. The van der Waals surface area contributed by atoms with Gasteiger partial charge in [-0.1, -0.05) is 33.3 Å². The molecule has 0 saturated heterocycles. The topological polar surface area (TPSA) is 26.0 Å². The summed E-state index contributed by atoms with van der Waals surface area (Å²) >= 11 is 0. The molecule has 1 nitrogen and oxygen atoms in total. The molecule has 3 heteroatoms. The molecule has 0 amide bonds. The minimum Gasteiger partial charge on any atom is -0.327 e. The average Bonchev–Trinajstić information content (AvgIpc) is 2.27. The molecule has 19 heavy (non-hydrogen) atoms. The van der Waals surface area contributed by atoms with E-state index in [1.165, 1.54) is 18.2 Å². The summed E-state index contributed by atoms with van der Waals surface area (Å²) in [7, 11) is 0. The van der Waals surface area contributed by atoms with E-state index in [2.05, 4.69) is 6.92 Å². The second-order valence-electron chi connectivity index (χ2n) is 6.51.